The van der Waals surface area contributed by atoms with Gasteiger partial charge in [-0.05, 0) is 44.0 Å². The summed E-state index contributed by atoms with van der Waals surface area (Å²) < 4.78 is 1.49. The Kier molecular flexibility index (Phi) is 6.24. The normalized spacial score (nSPS) is 11.5. The fourth-order valence-corrected chi connectivity index (χ4v) is 4.26. The van der Waals surface area contributed by atoms with Gasteiger partial charge in [-0.2, -0.15) is 0 Å². The molecule has 0 atom stereocenters. The third-order valence-electron chi connectivity index (χ3n) is 4.69. The Morgan fingerprint density at radius 1 is 1.07 bits per heavy atom. The molecular weight excluding hydrogens is 370 g/mol. The van der Waals surface area contributed by atoms with Crippen molar-refractivity contribution in [3.8, 4) is 0 Å². The van der Waals surface area contributed by atoms with E-state index < -0.39 is 0 Å². The molecule has 2 aromatic carbocycles. The zero-order chi connectivity index (χ0) is 20.3. The van der Waals surface area contributed by atoms with Crippen molar-refractivity contribution in [1.29, 1.82) is 0 Å². The highest BCUT2D eigenvalue weighted by Gasteiger charge is 2.21. The highest BCUT2D eigenvalue weighted by atomic mass is 32.2. The number of thioether (sulfide) groups is 1. The van der Waals surface area contributed by atoms with Crippen molar-refractivity contribution in [3.05, 3.63) is 53.9 Å². The lowest BCUT2D eigenvalue weighted by Gasteiger charge is -2.30. The molecule has 0 spiro atoms. The lowest BCUT2D eigenvalue weighted by atomic mass is 10.0. The van der Waals surface area contributed by atoms with Crippen LogP contribution >= 0.6 is 11.8 Å². The van der Waals surface area contributed by atoms with Crippen LogP contribution in [0.5, 0.6) is 0 Å². The maximum atomic E-state index is 12.6. The highest BCUT2D eigenvalue weighted by molar-refractivity contribution is 7.99. The van der Waals surface area contributed by atoms with Crippen LogP contribution < -0.4 is 5.84 Å². The standard InChI is InChI=1S/C21H27N5OS/c1-14(2)25(15(3)4)20(27)13-28-21-24-23-19(26(21)22)12-17-10-7-9-16-8-5-6-11-18(16)17/h5-11,14-15H,12-13,22H2,1-4H3. The Balaban J connectivity index is 1.73. The minimum absolute atomic E-state index is 0.0774. The van der Waals surface area contributed by atoms with Gasteiger partial charge < -0.3 is 10.7 Å². The molecule has 0 aliphatic heterocycles. The number of carbonyl (C=O) groups excluding carboxylic acids is 1. The van der Waals surface area contributed by atoms with E-state index in [4.69, 9.17) is 5.84 Å². The number of nitrogen functional groups attached to an aromatic ring is 1. The van der Waals surface area contributed by atoms with Gasteiger partial charge in [0.25, 0.3) is 0 Å². The van der Waals surface area contributed by atoms with Crippen molar-refractivity contribution in [1.82, 2.24) is 19.8 Å². The Hall–Kier alpha value is -2.54. The first-order valence-corrected chi connectivity index (χ1v) is 10.5. The molecule has 0 radical (unpaired) electrons. The first kappa shape index (κ1) is 20.2. The number of carbonyl (C=O) groups is 1. The minimum Gasteiger partial charge on any atom is -0.337 e. The molecule has 0 saturated heterocycles. The lowest BCUT2D eigenvalue weighted by Crippen LogP contribution is -2.43. The Morgan fingerprint density at radius 2 is 1.75 bits per heavy atom. The maximum absolute atomic E-state index is 12.6. The second-order valence-corrected chi connectivity index (χ2v) is 8.30. The first-order chi connectivity index (χ1) is 13.4. The second kappa shape index (κ2) is 8.65. The van der Waals surface area contributed by atoms with Crippen molar-refractivity contribution in [2.45, 2.75) is 51.4 Å². The first-order valence-electron chi connectivity index (χ1n) is 9.48. The number of fused-ring (bicyclic) bond motifs is 1. The van der Waals surface area contributed by atoms with Crippen LogP contribution in [0, 0.1) is 0 Å². The summed E-state index contributed by atoms with van der Waals surface area (Å²) in [6.07, 6.45) is 0.587. The Labute approximate surface area is 170 Å². The number of nitrogens with two attached hydrogens (primary N) is 1. The molecule has 148 valence electrons. The number of aromatic nitrogens is 3. The molecule has 0 fully saturated rings. The average molecular weight is 398 g/mol. The number of benzene rings is 2. The minimum atomic E-state index is 0.0774. The zero-order valence-electron chi connectivity index (χ0n) is 16.8. The quantitative estimate of drug-likeness (QED) is 0.488. The van der Waals surface area contributed by atoms with E-state index in [1.165, 1.54) is 27.2 Å². The SMILES string of the molecule is CC(C)N(C(=O)CSc1nnc(Cc2cccc3ccccc23)n1N)C(C)C. The molecule has 0 saturated carbocycles. The molecule has 1 amide bonds. The van der Waals surface area contributed by atoms with E-state index >= 15 is 0 Å². The number of hydrogen-bond acceptors (Lipinski definition) is 5. The van der Waals surface area contributed by atoms with Gasteiger partial charge in [-0.1, -0.05) is 54.2 Å². The van der Waals surface area contributed by atoms with E-state index in [9.17, 15) is 4.79 Å². The molecule has 1 heterocycles. The van der Waals surface area contributed by atoms with Gasteiger partial charge in [0.1, 0.15) is 0 Å². The predicted octanol–water partition coefficient (Wildman–Crippen LogP) is 3.47. The average Bonchev–Trinajstić information content (AvgIpc) is 2.99. The van der Waals surface area contributed by atoms with Crippen molar-refractivity contribution in [3.63, 3.8) is 0 Å². The van der Waals surface area contributed by atoms with Gasteiger partial charge in [-0.25, -0.2) is 4.68 Å². The molecule has 3 rings (SSSR count). The highest BCUT2D eigenvalue weighted by Crippen LogP contribution is 2.22. The summed E-state index contributed by atoms with van der Waals surface area (Å²) in [6.45, 7) is 8.10. The van der Waals surface area contributed by atoms with Gasteiger partial charge >= 0.3 is 0 Å². The van der Waals surface area contributed by atoms with Gasteiger partial charge in [-0.15, -0.1) is 10.2 Å². The molecule has 2 N–H and O–H groups in total. The molecule has 0 unspecified atom stereocenters. The molecule has 7 heteroatoms. The monoisotopic (exact) mass is 397 g/mol. The van der Waals surface area contributed by atoms with Gasteiger partial charge in [-0.3, -0.25) is 4.79 Å². The predicted molar refractivity (Wildman–Crippen MR) is 115 cm³/mol. The molecule has 0 aliphatic carbocycles. The molecule has 3 aromatic rings. The van der Waals surface area contributed by atoms with E-state index in [-0.39, 0.29) is 18.0 Å². The van der Waals surface area contributed by atoms with E-state index in [1.807, 2.05) is 50.8 Å². The van der Waals surface area contributed by atoms with Crippen LogP contribution in [-0.4, -0.2) is 43.5 Å². The van der Waals surface area contributed by atoms with Crippen LogP contribution in [0.3, 0.4) is 0 Å². The van der Waals surface area contributed by atoms with Crippen LogP contribution in [-0.2, 0) is 11.2 Å². The topological polar surface area (TPSA) is 77.0 Å². The molecular formula is C21H27N5OS. The maximum Gasteiger partial charge on any atom is 0.233 e. The van der Waals surface area contributed by atoms with Gasteiger partial charge in [0.05, 0.1) is 5.75 Å². The summed E-state index contributed by atoms with van der Waals surface area (Å²) in [5, 5.41) is 11.4. The second-order valence-electron chi connectivity index (χ2n) is 7.36. The van der Waals surface area contributed by atoms with E-state index in [0.717, 1.165) is 5.56 Å². The van der Waals surface area contributed by atoms with Crippen molar-refractivity contribution in [2.24, 2.45) is 0 Å². The van der Waals surface area contributed by atoms with Crippen LogP contribution in [0.1, 0.15) is 39.1 Å². The summed E-state index contributed by atoms with van der Waals surface area (Å²) in [5.41, 5.74) is 1.15. The number of amides is 1. The van der Waals surface area contributed by atoms with Gasteiger partial charge in [0.2, 0.25) is 11.1 Å². The van der Waals surface area contributed by atoms with Crippen LogP contribution in [0.15, 0.2) is 47.6 Å². The van der Waals surface area contributed by atoms with Crippen LogP contribution in [0.2, 0.25) is 0 Å². The molecule has 6 nitrogen and oxygen atoms in total. The smallest absolute Gasteiger partial charge is 0.233 e. The Bertz CT molecular complexity index is 953. The Morgan fingerprint density at radius 3 is 2.46 bits per heavy atom. The summed E-state index contributed by atoms with van der Waals surface area (Å²) in [5.74, 6) is 7.27. The van der Waals surface area contributed by atoms with E-state index in [0.29, 0.717) is 23.2 Å². The van der Waals surface area contributed by atoms with Gasteiger partial charge in [0, 0.05) is 18.5 Å². The van der Waals surface area contributed by atoms with Crippen molar-refractivity contribution < 1.29 is 4.79 Å². The van der Waals surface area contributed by atoms with Crippen molar-refractivity contribution >= 4 is 28.4 Å². The molecule has 1 aromatic heterocycles. The third kappa shape index (κ3) is 4.30. The van der Waals surface area contributed by atoms with Gasteiger partial charge in [0.15, 0.2) is 5.82 Å². The fourth-order valence-electron chi connectivity index (χ4n) is 3.52. The zero-order valence-corrected chi connectivity index (χ0v) is 17.6. The fraction of sp³-hybridized carbons (Fsp3) is 0.381. The number of hydrogen-bond donors (Lipinski definition) is 1. The molecule has 0 bridgehead atoms. The molecule has 0 aliphatic rings. The summed E-state index contributed by atoms with van der Waals surface area (Å²) >= 11 is 1.33. The third-order valence-corrected chi connectivity index (χ3v) is 5.62. The molecule has 28 heavy (non-hydrogen) atoms. The van der Waals surface area contributed by atoms with Crippen LogP contribution in [0.4, 0.5) is 0 Å². The summed E-state index contributed by atoms with van der Waals surface area (Å²) in [6, 6.07) is 14.8. The summed E-state index contributed by atoms with van der Waals surface area (Å²) in [4.78, 5) is 14.4. The number of rotatable bonds is 7. The number of nitrogens with zero attached hydrogens (tertiary/aromatic N) is 4. The van der Waals surface area contributed by atoms with Crippen molar-refractivity contribution in [2.75, 3.05) is 11.6 Å². The largest absolute Gasteiger partial charge is 0.337 e. The van der Waals surface area contributed by atoms with E-state index in [2.05, 4.69) is 34.5 Å². The summed E-state index contributed by atoms with van der Waals surface area (Å²) in [7, 11) is 0. The van der Waals surface area contributed by atoms with Crippen LogP contribution in [0.25, 0.3) is 10.8 Å². The van der Waals surface area contributed by atoms with E-state index in [1.54, 1.807) is 0 Å². The lowest BCUT2D eigenvalue weighted by molar-refractivity contribution is -0.131.